The Morgan fingerprint density at radius 1 is 1.21 bits per heavy atom. The number of nitrogens with two attached hydrogens (primary N) is 1. The highest BCUT2D eigenvalue weighted by Crippen LogP contribution is 2.18. The van der Waals surface area contributed by atoms with Gasteiger partial charge >= 0.3 is 16.3 Å². The van der Waals surface area contributed by atoms with Gasteiger partial charge in [-0.2, -0.15) is 13.1 Å². The second-order valence-electron chi connectivity index (χ2n) is 6.10. The van der Waals surface area contributed by atoms with Crippen LogP contribution in [0.5, 0.6) is 0 Å². The quantitative estimate of drug-likeness (QED) is 0.192. The smallest absolute Gasteiger partial charge is 0.362 e. The lowest BCUT2D eigenvalue weighted by molar-refractivity contribution is -0.141. The van der Waals surface area contributed by atoms with E-state index in [2.05, 4.69) is 5.32 Å². The zero-order valence-electron chi connectivity index (χ0n) is 14.6. The first-order valence-corrected chi connectivity index (χ1v) is 11.0. The van der Waals surface area contributed by atoms with Gasteiger partial charge in [0.2, 0.25) is 15.9 Å². The molecule has 6 N–H and O–H groups in total. The molecule has 0 spiro atoms. The number of benzene rings is 1. The number of nitrogens with zero attached hydrogens (tertiary/aromatic N) is 1. The summed E-state index contributed by atoms with van der Waals surface area (Å²) in [6.07, 6.45) is 0. The maximum absolute atomic E-state index is 12.6. The zero-order valence-corrected chi connectivity index (χ0v) is 16.3. The van der Waals surface area contributed by atoms with Crippen molar-refractivity contribution in [1.82, 2.24) is 14.3 Å². The number of carbonyl (C=O) groups is 3. The van der Waals surface area contributed by atoms with Crippen molar-refractivity contribution in [2.75, 3.05) is 12.3 Å². The number of hydrogen-bond donors (Lipinski definition) is 5. The van der Waals surface area contributed by atoms with Gasteiger partial charge in [-0.1, -0.05) is 30.3 Å². The fourth-order valence-corrected chi connectivity index (χ4v) is 4.43. The van der Waals surface area contributed by atoms with E-state index < -0.39 is 68.5 Å². The average Bonchev–Trinajstić information content (AvgIpc) is 2.61. The minimum Gasteiger partial charge on any atom is -0.480 e. The summed E-state index contributed by atoms with van der Waals surface area (Å²) in [4.78, 5) is 35.1. The van der Waals surface area contributed by atoms with Crippen molar-refractivity contribution in [3.05, 3.63) is 35.9 Å². The number of carboxylic acids is 1. The Balaban J connectivity index is 2.18. The molecule has 2 unspecified atom stereocenters. The third-order valence-corrected chi connectivity index (χ3v) is 6.17. The monoisotopic (exact) mass is 450 g/mol. The molecule has 2 amide bonds. The van der Waals surface area contributed by atoms with E-state index in [0.29, 0.717) is 0 Å². The molecule has 1 aromatic rings. The van der Waals surface area contributed by atoms with Crippen LogP contribution in [0.25, 0.3) is 0 Å². The van der Waals surface area contributed by atoms with E-state index in [1.165, 1.54) is 24.3 Å². The Hall–Kier alpha value is -2.59. The van der Waals surface area contributed by atoms with Crippen molar-refractivity contribution in [1.29, 1.82) is 0 Å². The highest BCUT2D eigenvalue weighted by Gasteiger charge is 2.45. The number of sulfonamides is 1. The summed E-state index contributed by atoms with van der Waals surface area (Å²) < 4.78 is 57.4. The molecule has 2 rings (SSSR count). The minimum atomic E-state index is -4.76. The Labute approximate surface area is 165 Å². The number of rotatable bonds is 9. The summed E-state index contributed by atoms with van der Waals surface area (Å²) in [5.41, 5.74) is 5.41. The molecule has 160 valence electrons. The van der Waals surface area contributed by atoms with Crippen molar-refractivity contribution in [2.45, 2.75) is 18.1 Å². The van der Waals surface area contributed by atoms with Crippen LogP contribution in [0.1, 0.15) is 11.6 Å². The highest BCUT2D eigenvalue weighted by atomic mass is 32.2. The van der Waals surface area contributed by atoms with Gasteiger partial charge in [0.25, 0.3) is 5.91 Å². The molecule has 29 heavy (non-hydrogen) atoms. The summed E-state index contributed by atoms with van der Waals surface area (Å²) in [5.74, 6) is -4.64. The fraction of sp³-hybridized carbons (Fsp3) is 0.357. The summed E-state index contributed by atoms with van der Waals surface area (Å²) in [6, 6.07) is 2.89. The van der Waals surface area contributed by atoms with Gasteiger partial charge in [-0.25, -0.2) is 12.7 Å². The predicted octanol–water partition coefficient (Wildman–Crippen LogP) is -2.81. The minimum absolute atomic E-state index is 0.130. The number of aliphatic carboxylic acids is 1. The van der Waals surface area contributed by atoms with Crippen molar-refractivity contribution in [3.8, 4) is 0 Å². The fourth-order valence-electron chi connectivity index (χ4n) is 2.42. The number of hydrogen-bond acceptors (Lipinski definition) is 8. The molecule has 1 fully saturated rings. The van der Waals surface area contributed by atoms with Gasteiger partial charge in [-0.05, 0) is 5.56 Å². The zero-order chi connectivity index (χ0) is 22.0. The van der Waals surface area contributed by atoms with Gasteiger partial charge in [-0.15, -0.1) is 0 Å². The molecule has 0 aliphatic carbocycles. The molecule has 1 aliphatic rings. The van der Waals surface area contributed by atoms with Crippen LogP contribution < -0.4 is 15.8 Å². The van der Waals surface area contributed by atoms with E-state index in [0.717, 1.165) is 0 Å². The number of carbonyl (C=O) groups excluding carboxylic acids is 2. The van der Waals surface area contributed by atoms with Crippen LogP contribution in [0.3, 0.4) is 0 Å². The van der Waals surface area contributed by atoms with Crippen molar-refractivity contribution in [2.24, 2.45) is 5.73 Å². The molecule has 1 saturated heterocycles. The van der Waals surface area contributed by atoms with Crippen molar-refractivity contribution < 1.29 is 40.9 Å². The molecule has 13 nitrogen and oxygen atoms in total. The normalized spacial score (nSPS) is 19.2. The third kappa shape index (κ3) is 5.70. The van der Waals surface area contributed by atoms with Crippen LogP contribution in [-0.4, -0.2) is 73.0 Å². The predicted molar refractivity (Wildman–Crippen MR) is 96.9 cm³/mol. The maximum Gasteiger partial charge on any atom is 0.362 e. The van der Waals surface area contributed by atoms with E-state index in [4.69, 9.17) is 15.4 Å². The lowest BCUT2D eigenvalue weighted by Gasteiger charge is -2.36. The summed E-state index contributed by atoms with van der Waals surface area (Å²) >= 11 is 0. The number of β-lactam (4-membered cyclic amide) rings is 1. The molecule has 1 aromatic carbocycles. The molecule has 0 radical (unpaired) electrons. The third-order valence-electron chi connectivity index (χ3n) is 3.90. The number of nitrogens with one attached hydrogen (secondary N) is 2. The van der Waals surface area contributed by atoms with Gasteiger partial charge in [0.05, 0.1) is 12.3 Å². The van der Waals surface area contributed by atoms with Crippen molar-refractivity contribution in [3.63, 3.8) is 0 Å². The Morgan fingerprint density at radius 2 is 1.79 bits per heavy atom. The lowest BCUT2D eigenvalue weighted by Crippen LogP contribution is -2.66. The van der Waals surface area contributed by atoms with Crippen molar-refractivity contribution >= 4 is 38.1 Å². The Kier molecular flexibility index (Phi) is 6.59. The topological polar surface area (TPSA) is 213 Å². The van der Waals surface area contributed by atoms with Gasteiger partial charge in [0.15, 0.2) is 0 Å². The highest BCUT2D eigenvalue weighted by molar-refractivity contribution is 7.89. The average molecular weight is 450 g/mol. The van der Waals surface area contributed by atoms with Crippen LogP contribution in [0.4, 0.5) is 0 Å². The SMILES string of the molecule is NC(CS(=O)(=O)N[C@@H](C(=O)NC1CN(S(=O)(=O)O)C1=O)c1ccccc1)C(=O)O. The second-order valence-corrected chi connectivity index (χ2v) is 9.23. The molecule has 1 heterocycles. The molecule has 0 saturated carbocycles. The van der Waals surface area contributed by atoms with Crippen LogP contribution >= 0.6 is 0 Å². The van der Waals surface area contributed by atoms with E-state index in [1.807, 2.05) is 4.72 Å². The molecular formula is C14H18N4O9S2. The van der Waals surface area contributed by atoms with Crippen LogP contribution in [0.2, 0.25) is 0 Å². The van der Waals surface area contributed by atoms with Crippen LogP contribution in [0.15, 0.2) is 30.3 Å². The molecule has 0 aromatic heterocycles. The molecular weight excluding hydrogens is 432 g/mol. The number of amides is 2. The maximum atomic E-state index is 12.6. The van der Waals surface area contributed by atoms with Gasteiger partial charge in [0, 0.05) is 0 Å². The van der Waals surface area contributed by atoms with E-state index in [-0.39, 0.29) is 9.87 Å². The molecule has 0 bridgehead atoms. The first kappa shape index (κ1) is 22.7. The Morgan fingerprint density at radius 3 is 2.28 bits per heavy atom. The van der Waals surface area contributed by atoms with E-state index in [9.17, 15) is 31.2 Å². The van der Waals surface area contributed by atoms with E-state index in [1.54, 1.807) is 6.07 Å². The first-order valence-electron chi connectivity index (χ1n) is 7.94. The van der Waals surface area contributed by atoms with E-state index >= 15 is 0 Å². The van der Waals surface area contributed by atoms with Crippen LogP contribution in [-0.2, 0) is 34.7 Å². The summed E-state index contributed by atoms with van der Waals surface area (Å²) in [5, 5.41) is 11.0. The molecule has 3 atom stereocenters. The first-order chi connectivity index (χ1) is 13.3. The van der Waals surface area contributed by atoms with Gasteiger partial charge in [-0.3, -0.25) is 18.9 Å². The summed E-state index contributed by atoms with van der Waals surface area (Å²) in [6.45, 7) is -0.526. The molecule has 15 heteroatoms. The van der Waals surface area contributed by atoms with Crippen LogP contribution in [0, 0.1) is 0 Å². The number of carboxylic acid groups (broad SMARTS) is 1. The lowest BCUT2D eigenvalue weighted by atomic mass is 10.1. The standard InChI is InChI=1S/C14H18N4O9S2/c15-9(14(21)22)7-28(23,24)17-11(8-4-2-1-3-5-8)12(19)16-10-6-18(13(10)20)29(25,26)27/h1-5,9-11,17H,6-7,15H2,(H,16,19)(H,21,22)(H,25,26,27)/t9?,10?,11-/m1/s1. The van der Waals surface area contributed by atoms with Gasteiger partial charge in [0.1, 0.15) is 18.1 Å². The van der Waals surface area contributed by atoms with Gasteiger partial charge < -0.3 is 16.2 Å². The Bertz CT molecular complexity index is 1010. The molecule has 1 aliphatic heterocycles. The second kappa shape index (κ2) is 8.42. The largest absolute Gasteiger partial charge is 0.480 e. The summed E-state index contributed by atoms with van der Waals surface area (Å²) in [7, 11) is -9.09.